The van der Waals surface area contributed by atoms with Crippen molar-refractivity contribution in [3.63, 3.8) is 0 Å². The van der Waals surface area contributed by atoms with E-state index in [0.717, 1.165) is 28.0 Å². The van der Waals surface area contributed by atoms with Crippen LogP contribution in [0.1, 0.15) is 5.56 Å². The molecule has 13 heteroatoms. The van der Waals surface area contributed by atoms with E-state index in [1.807, 2.05) is 0 Å². The van der Waals surface area contributed by atoms with Crippen LogP contribution in [0.2, 0.25) is 0 Å². The fourth-order valence-corrected chi connectivity index (χ4v) is 4.24. The second kappa shape index (κ2) is 8.98. The number of carbonyl (C=O) groups is 1. The number of anilines is 1. The predicted molar refractivity (Wildman–Crippen MR) is 121 cm³/mol. The van der Waals surface area contributed by atoms with Crippen molar-refractivity contribution in [3.8, 4) is 17.0 Å². The van der Waals surface area contributed by atoms with E-state index in [1.165, 1.54) is 30.1 Å². The molecular formula is C22H16F4N4O4S. The van der Waals surface area contributed by atoms with Crippen LogP contribution in [-0.4, -0.2) is 26.4 Å². The highest BCUT2D eigenvalue weighted by atomic mass is 32.1. The van der Waals surface area contributed by atoms with E-state index >= 15 is 0 Å². The van der Waals surface area contributed by atoms with Crippen LogP contribution in [0.5, 0.6) is 5.75 Å². The number of alkyl halides is 3. The molecule has 0 unspecified atom stereocenters. The highest BCUT2D eigenvalue weighted by molar-refractivity contribution is 7.14. The fraction of sp³-hybridized carbons (Fsp3) is 0.182. The van der Waals surface area contributed by atoms with Crippen LogP contribution in [-0.2, 0) is 25.3 Å². The van der Waals surface area contributed by atoms with Gasteiger partial charge < -0.3 is 10.1 Å². The van der Waals surface area contributed by atoms with Crippen LogP contribution in [0, 0.1) is 5.82 Å². The lowest BCUT2D eigenvalue weighted by atomic mass is 10.1. The second-order valence-corrected chi connectivity index (χ2v) is 8.33. The maximum absolute atomic E-state index is 13.7. The Labute approximate surface area is 198 Å². The summed E-state index contributed by atoms with van der Waals surface area (Å²) in [5, 5.41) is 4.43. The van der Waals surface area contributed by atoms with Gasteiger partial charge in [-0.3, -0.25) is 18.7 Å². The van der Waals surface area contributed by atoms with Gasteiger partial charge in [0, 0.05) is 25.0 Å². The zero-order valence-electron chi connectivity index (χ0n) is 18.1. The minimum Gasteiger partial charge on any atom is -0.403 e. The standard InChI is InChI=1S/C22H16F4N4O4S/c1-29-15-5-3-4-12(18(15)19(32)30(2)21(29)33)9-17(31)28-20-27-14(10-35-20)11-6-7-13(23)16(8-11)34-22(24,25)26/h3-8,10H,9H2,1-2H3,(H,27,28,31). The van der Waals surface area contributed by atoms with Crippen molar-refractivity contribution >= 4 is 33.3 Å². The molecule has 35 heavy (non-hydrogen) atoms. The lowest BCUT2D eigenvalue weighted by Gasteiger charge is -2.11. The first-order valence-corrected chi connectivity index (χ1v) is 10.8. The number of aryl methyl sites for hydroxylation is 1. The molecule has 0 aliphatic rings. The van der Waals surface area contributed by atoms with Crippen molar-refractivity contribution in [1.82, 2.24) is 14.1 Å². The molecule has 2 heterocycles. The molecule has 0 saturated carbocycles. The Hall–Kier alpha value is -4.00. The number of benzene rings is 2. The molecule has 0 fully saturated rings. The van der Waals surface area contributed by atoms with E-state index in [4.69, 9.17) is 0 Å². The molecule has 0 saturated heterocycles. The van der Waals surface area contributed by atoms with Crippen molar-refractivity contribution < 1.29 is 27.1 Å². The number of fused-ring (bicyclic) bond motifs is 1. The highest BCUT2D eigenvalue weighted by Gasteiger charge is 2.32. The SMILES string of the molecule is Cn1c(=O)c2c(CC(=O)Nc3nc(-c4ccc(F)c(OC(F)(F)F)c4)cs3)cccc2n(C)c1=O. The van der Waals surface area contributed by atoms with E-state index in [9.17, 15) is 31.9 Å². The van der Waals surface area contributed by atoms with Crippen molar-refractivity contribution in [2.24, 2.45) is 14.1 Å². The molecule has 0 atom stereocenters. The third kappa shape index (κ3) is 4.94. The summed E-state index contributed by atoms with van der Waals surface area (Å²) >= 11 is 1.01. The van der Waals surface area contributed by atoms with Crippen molar-refractivity contribution in [2.75, 3.05) is 5.32 Å². The van der Waals surface area contributed by atoms with E-state index in [2.05, 4.69) is 15.0 Å². The number of carbonyl (C=O) groups excluding carboxylic acids is 1. The van der Waals surface area contributed by atoms with Gasteiger partial charge in [-0.25, -0.2) is 14.2 Å². The summed E-state index contributed by atoms with van der Waals surface area (Å²) in [6.45, 7) is 0. The van der Waals surface area contributed by atoms with Gasteiger partial charge in [0.05, 0.1) is 23.0 Å². The van der Waals surface area contributed by atoms with Gasteiger partial charge in [0.1, 0.15) is 0 Å². The Morgan fingerprint density at radius 1 is 1.14 bits per heavy atom. The van der Waals surface area contributed by atoms with Gasteiger partial charge >= 0.3 is 12.1 Å². The average molecular weight is 508 g/mol. The topological polar surface area (TPSA) is 95.2 Å². The minimum absolute atomic E-state index is 0.146. The van der Waals surface area contributed by atoms with Crippen LogP contribution in [0.25, 0.3) is 22.2 Å². The molecule has 2 aromatic heterocycles. The maximum atomic E-state index is 13.7. The smallest absolute Gasteiger partial charge is 0.403 e. The number of ether oxygens (including phenoxy) is 1. The summed E-state index contributed by atoms with van der Waals surface area (Å²) in [6.07, 6.45) is -5.25. The van der Waals surface area contributed by atoms with Crippen molar-refractivity contribution in [3.05, 3.63) is 74.0 Å². The molecule has 0 bridgehead atoms. The first-order chi connectivity index (χ1) is 16.4. The highest BCUT2D eigenvalue weighted by Crippen LogP contribution is 2.32. The van der Waals surface area contributed by atoms with Crippen LogP contribution in [0.15, 0.2) is 51.4 Å². The van der Waals surface area contributed by atoms with E-state index in [1.54, 1.807) is 18.2 Å². The van der Waals surface area contributed by atoms with E-state index in [0.29, 0.717) is 11.1 Å². The van der Waals surface area contributed by atoms with Crippen LogP contribution in [0.4, 0.5) is 22.7 Å². The van der Waals surface area contributed by atoms with Gasteiger partial charge in [0.25, 0.3) is 5.56 Å². The maximum Gasteiger partial charge on any atom is 0.573 e. The van der Waals surface area contributed by atoms with E-state index < -0.39 is 35.1 Å². The predicted octanol–water partition coefficient (Wildman–Crippen LogP) is 3.58. The summed E-state index contributed by atoms with van der Waals surface area (Å²) in [6, 6.07) is 7.74. The number of rotatable bonds is 5. The molecule has 1 amide bonds. The number of amides is 1. The molecule has 0 aliphatic carbocycles. The largest absolute Gasteiger partial charge is 0.573 e. The quantitative estimate of drug-likeness (QED) is 0.416. The van der Waals surface area contributed by atoms with Gasteiger partial charge in [-0.2, -0.15) is 0 Å². The molecule has 0 aliphatic heterocycles. The van der Waals surface area contributed by atoms with Gasteiger partial charge in [-0.15, -0.1) is 24.5 Å². The summed E-state index contributed by atoms with van der Waals surface area (Å²) in [4.78, 5) is 41.6. The average Bonchev–Trinajstić information content (AvgIpc) is 3.25. The van der Waals surface area contributed by atoms with Gasteiger partial charge in [0.2, 0.25) is 5.91 Å². The fourth-order valence-electron chi connectivity index (χ4n) is 3.51. The number of hydrogen-bond donors (Lipinski definition) is 1. The number of hydrogen-bond acceptors (Lipinski definition) is 6. The first kappa shape index (κ1) is 24.1. The number of nitrogens with zero attached hydrogens (tertiary/aromatic N) is 3. The minimum atomic E-state index is -5.06. The third-order valence-electron chi connectivity index (χ3n) is 5.14. The molecule has 0 spiro atoms. The Bertz CT molecular complexity index is 1570. The van der Waals surface area contributed by atoms with Gasteiger partial charge in [-0.1, -0.05) is 12.1 Å². The normalized spacial score (nSPS) is 11.6. The summed E-state index contributed by atoms with van der Waals surface area (Å²) < 4.78 is 57.1. The van der Waals surface area contributed by atoms with Gasteiger partial charge in [-0.05, 0) is 29.8 Å². The number of aromatic nitrogens is 3. The molecule has 8 nitrogen and oxygen atoms in total. The lowest BCUT2D eigenvalue weighted by Crippen LogP contribution is -2.37. The van der Waals surface area contributed by atoms with Gasteiger partial charge in [0.15, 0.2) is 16.7 Å². The molecule has 182 valence electrons. The third-order valence-corrected chi connectivity index (χ3v) is 5.89. The first-order valence-electron chi connectivity index (χ1n) is 9.93. The molecule has 1 N–H and O–H groups in total. The van der Waals surface area contributed by atoms with E-state index in [-0.39, 0.29) is 28.2 Å². The summed E-state index contributed by atoms with van der Waals surface area (Å²) in [5.41, 5.74) is 0.112. The van der Waals surface area contributed by atoms with Crippen LogP contribution in [0.3, 0.4) is 0 Å². The Morgan fingerprint density at radius 2 is 1.89 bits per heavy atom. The van der Waals surface area contributed by atoms with Crippen LogP contribution >= 0.6 is 11.3 Å². The van der Waals surface area contributed by atoms with Crippen LogP contribution < -0.4 is 21.3 Å². The lowest BCUT2D eigenvalue weighted by molar-refractivity contribution is -0.275. The summed E-state index contributed by atoms with van der Waals surface area (Å²) in [7, 11) is 2.87. The monoisotopic (exact) mass is 508 g/mol. The molecule has 4 rings (SSSR count). The zero-order chi connectivity index (χ0) is 25.5. The summed E-state index contributed by atoms with van der Waals surface area (Å²) in [5.74, 6) is -2.69. The molecule has 2 aromatic carbocycles. The zero-order valence-corrected chi connectivity index (χ0v) is 19.0. The van der Waals surface area contributed by atoms with Crippen molar-refractivity contribution in [1.29, 1.82) is 0 Å². The van der Waals surface area contributed by atoms with Crippen molar-refractivity contribution in [2.45, 2.75) is 12.8 Å². The number of halogens is 4. The Morgan fingerprint density at radius 3 is 2.60 bits per heavy atom. The Balaban J connectivity index is 1.56. The second-order valence-electron chi connectivity index (χ2n) is 7.47. The molecular weight excluding hydrogens is 492 g/mol. The number of nitrogens with one attached hydrogen (secondary N) is 1. The molecule has 4 aromatic rings. The Kier molecular flexibility index (Phi) is 6.19. The molecule has 0 radical (unpaired) electrons. The number of thiazole rings is 1.